The highest BCUT2D eigenvalue weighted by molar-refractivity contribution is 6.31. The Morgan fingerprint density at radius 3 is 2.69 bits per heavy atom. The van der Waals surface area contributed by atoms with Crippen molar-refractivity contribution in [1.82, 2.24) is 14.7 Å². The Hall–Kier alpha value is -1.34. The summed E-state index contributed by atoms with van der Waals surface area (Å²) in [6, 6.07) is 6.39. The fourth-order valence-electron chi connectivity index (χ4n) is 3.57. The first-order chi connectivity index (χ1) is 12.4. The van der Waals surface area contributed by atoms with E-state index >= 15 is 0 Å². The second-order valence-electron chi connectivity index (χ2n) is 7.49. The van der Waals surface area contributed by atoms with Gasteiger partial charge in [-0.1, -0.05) is 24.9 Å². The second kappa shape index (κ2) is 8.13. The zero-order valence-electron chi connectivity index (χ0n) is 15.8. The lowest BCUT2D eigenvalue weighted by Gasteiger charge is -2.32. The zero-order chi connectivity index (χ0) is 18.7. The molecule has 1 aliphatic heterocycles. The van der Waals surface area contributed by atoms with Crippen LogP contribution in [0.5, 0.6) is 0 Å². The van der Waals surface area contributed by atoms with Crippen molar-refractivity contribution >= 4 is 28.3 Å². The third-order valence-electron chi connectivity index (χ3n) is 5.42. The Morgan fingerprint density at radius 2 is 2.00 bits per heavy atom. The molecule has 0 bridgehead atoms. The van der Waals surface area contributed by atoms with Crippen molar-refractivity contribution in [2.45, 2.75) is 64.3 Å². The fourth-order valence-corrected chi connectivity index (χ4v) is 3.75. The molecule has 7 heteroatoms. The van der Waals surface area contributed by atoms with Gasteiger partial charge in [0.25, 0.3) is 0 Å². The minimum Gasteiger partial charge on any atom is -0.338 e. The number of halogens is 1. The molecule has 1 aromatic heterocycles. The van der Waals surface area contributed by atoms with Gasteiger partial charge in [0.05, 0.1) is 5.52 Å². The molecule has 0 amide bonds. The van der Waals surface area contributed by atoms with Crippen LogP contribution in [0.4, 0.5) is 5.82 Å². The summed E-state index contributed by atoms with van der Waals surface area (Å²) in [6.45, 7) is 7.53. The highest BCUT2D eigenvalue weighted by atomic mass is 35.5. The summed E-state index contributed by atoms with van der Waals surface area (Å²) >= 11 is 6.20. The monoisotopic (exact) mass is 378 g/mol. The smallest absolute Gasteiger partial charge is 0.158 e. The third-order valence-corrected chi connectivity index (χ3v) is 5.66. The second-order valence-corrected chi connectivity index (χ2v) is 7.92. The van der Waals surface area contributed by atoms with Crippen LogP contribution in [-0.4, -0.2) is 39.6 Å². The Kier molecular flexibility index (Phi) is 6.07. The largest absolute Gasteiger partial charge is 0.338 e. The van der Waals surface area contributed by atoms with Crippen LogP contribution in [0, 0.1) is 0 Å². The molecule has 1 fully saturated rings. The summed E-state index contributed by atoms with van der Waals surface area (Å²) in [5.41, 5.74) is 13.2. The number of nitrogens with two attached hydrogens (primary N) is 2. The summed E-state index contributed by atoms with van der Waals surface area (Å²) in [5.74, 6) is -0.296. The van der Waals surface area contributed by atoms with Crippen LogP contribution in [0.1, 0.15) is 46.0 Å². The van der Waals surface area contributed by atoms with Gasteiger partial charge in [-0.2, -0.15) is 5.10 Å². The lowest BCUT2D eigenvalue weighted by atomic mass is 10.1. The topological polar surface area (TPSA) is 85.1 Å². The number of hydrogen-bond donors (Lipinski definition) is 3. The molecule has 5 N–H and O–H groups in total. The maximum atomic E-state index is 6.20. The van der Waals surface area contributed by atoms with Crippen LogP contribution >= 0.6 is 11.6 Å². The zero-order valence-corrected chi connectivity index (χ0v) is 16.6. The Bertz CT molecular complexity index is 735. The van der Waals surface area contributed by atoms with Crippen LogP contribution in [0.25, 0.3) is 10.9 Å². The summed E-state index contributed by atoms with van der Waals surface area (Å²) in [4.78, 5) is 2.59. The van der Waals surface area contributed by atoms with Crippen molar-refractivity contribution in [2.24, 2.45) is 11.5 Å². The lowest BCUT2D eigenvalue weighted by Crippen LogP contribution is -2.55. The normalized spacial score (nSPS) is 17.6. The molecule has 2 aromatic rings. The molecule has 2 heterocycles. The predicted molar refractivity (Wildman–Crippen MR) is 109 cm³/mol. The standard InChI is InChI=1S/C19H31ClN6/c1-3-19(21,22)23-18-16-13-15(20)7-8-17(16)26(24-18)12-9-14(2)25-10-5-4-6-11-25/h7-8,13-14H,3-6,9-12,21-22H2,1-2H3,(H,23,24). The van der Waals surface area contributed by atoms with Gasteiger partial charge < -0.3 is 10.2 Å². The molecule has 0 aliphatic carbocycles. The average Bonchev–Trinajstić information content (AvgIpc) is 2.96. The Labute approximate surface area is 160 Å². The van der Waals surface area contributed by atoms with Gasteiger partial charge in [0.2, 0.25) is 0 Å². The van der Waals surface area contributed by atoms with Crippen molar-refractivity contribution < 1.29 is 0 Å². The minimum atomic E-state index is -0.991. The number of rotatable bonds is 7. The molecular formula is C19H31ClN6. The van der Waals surface area contributed by atoms with E-state index in [0.29, 0.717) is 23.3 Å². The number of anilines is 1. The number of aromatic nitrogens is 2. The quantitative estimate of drug-likeness (QED) is 0.643. The number of fused-ring (bicyclic) bond motifs is 1. The first kappa shape index (κ1) is 19.4. The van der Waals surface area contributed by atoms with E-state index in [1.807, 2.05) is 29.8 Å². The SMILES string of the molecule is CCC(N)(N)Nc1nn(CCC(C)N2CCCCC2)c2ccc(Cl)cc12. The first-order valence-corrected chi connectivity index (χ1v) is 10.0. The van der Waals surface area contributed by atoms with Gasteiger partial charge in [-0.3, -0.25) is 16.1 Å². The van der Waals surface area contributed by atoms with Crippen LogP contribution in [0.2, 0.25) is 5.02 Å². The van der Waals surface area contributed by atoms with Crippen molar-refractivity contribution in [3.8, 4) is 0 Å². The molecule has 26 heavy (non-hydrogen) atoms. The van der Waals surface area contributed by atoms with E-state index in [2.05, 4.69) is 17.1 Å². The summed E-state index contributed by atoms with van der Waals surface area (Å²) in [7, 11) is 0. The summed E-state index contributed by atoms with van der Waals surface area (Å²) < 4.78 is 2.04. The predicted octanol–water partition coefficient (Wildman–Crippen LogP) is 3.35. The van der Waals surface area contributed by atoms with E-state index in [-0.39, 0.29) is 0 Å². The maximum absolute atomic E-state index is 6.20. The van der Waals surface area contributed by atoms with Gasteiger partial charge in [0.1, 0.15) is 5.79 Å². The van der Waals surface area contributed by atoms with Gasteiger partial charge >= 0.3 is 0 Å². The first-order valence-electron chi connectivity index (χ1n) is 9.65. The summed E-state index contributed by atoms with van der Waals surface area (Å²) in [5, 5.41) is 9.55. The van der Waals surface area contributed by atoms with Crippen LogP contribution in [0.3, 0.4) is 0 Å². The average molecular weight is 379 g/mol. The van der Waals surface area contributed by atoms with Crippen molar-refractivity contribution in [1.29, 1.82) is 0 Å². The number of likely N-dealkylation sites (tertiary alicyclic amines) is 1. The molecule has 0 radical (unpaired) electrons. The lowest BCUT2D eigenvalue weighted by molar-refractivity contribution is 0.162. The summed E-state index contributed by atoms with van der Waals surface area (Å²) in [6.07, 6.45) is 5.64. The number of benzene rings is 1. The highest BCUT2D eigenvalue weighted by Gasteiger charge is 2.21. The molecule has 1 saturated heterocycles. The number of piperidine rings is 1. The van der Waals surface area contributed by atoms with Gasteiger partial charge in [-0.15, -0.1) is 0 Å². The Morgan fingerprint density at radius 1 is 1.27 bits per heavy atom. The number of nitrogens with zero attached hydrogens (tertiary/aromatic N) is 3. The van der Waals surface area contributed by atoms with E-state index in [1.54, 1.807) is 0 Å². The van der Waals surface area contributed by atoms with Gasteiger partial charge in [-0.05, 0) is 63.9 Å². The molecule has 3 rings (SSSR count). The third kappa shape index (κ3) is 4.49. The van der Waals surface area contributed by atoms with Crippen molar-refractivity contribution in [3.05, 3.63) is 23.2 Å². The van der Waals surface area contributed by atoms with E-state index in [1.165, 1.54) is 32.4 Å². The fraction of sp³-hybridized carbons (Fsp3) is 0.632. The van der Waals surface area contributed by atoms with E-state index < -0.39 is 5.79 Å². The van der Waals surface area contributed by atoms with Crippen LogP contribution in [-0.2, 0) is 6.54 Å². The van der Waals surface area contributed by atoms with Crippen molar-refractivity contribution in [2.75, 3.05) is 18.4 Å². The van der Waals surface area contributed by atoms with Gasteiger partial charge in [-0.25, -0.2) is 0 Å². The van der Waals surface area contributed by atoms with Gasteiger partial charge in [0.15, 0.2) is 5.82 Å². The van der Waals surface area contributed by atoms with Crippen molar-refractivity contribution in [3.63, 3.8) is 0 Å². The minimum absolute atomic E-state index is 0.553. The highest BCUT2D eigenvalue weighted by Crippen LogP contribution is 2.28. The van der Waals surface area contributed by atoms with Crippen LogP contribution in [0.15, 0.2) is 18.2 Å². The molecule has 6 nitrogen and oxygen atoms in total. The molecule has 1 unspecified atom stereocenters. The number of aryl methyl sites for hydroxylation is 1. The van der Waals surface area contributed by atoms with E-state index in [0.717, 1.165) is 23.9 Å². The molecule has 144 valence electrons. The number of nitrogens with one attached hydrogen (secondary N) is 1. The number of hydrogen-bond acceptors (Lipinski definition) is 5. The molecular weight excluding hydrogens is 348 g/mol. The molecule has 1 aromatic carbocycles. The molecule has 1 atom stereocenters. The maximum Gasteiger partial charge on any atom is 0.158 e. The Balaban J connectivity index is 1.79. The molecule has 0 saturated carbocycles. The van der Waals surface area contributed by atoms with Gasteiger partial charge in [0, 0.05) is 23.0 Å². The van der Waals surface area contributed by atoms with Crippen LogP contribution < -0.4 is 16.8 Å². The van der Waals surface area contributed by atoms with E-state index in [9.17, 15) is 0 Å². The molecule has 1 aliphatic rings. The molecule has 0 spiro atoms. The van der Waals surface area contributed by atoms with E-state index in [4.69, 9.17) is 28.2 Å².